The van der Waals surface area contributed by atoms with Gasteiger partial charge in [0.15, 0.2) is 11.6 Å². The van der Waals surface area contributed by atoms with Crippen molar-refractivity contribution in [3.05, 3.63) is 35.4 Å². The Balaban J connectivity index is 1.60. The summed E-state index contributed by atoms with van der Waals surface area (Å²) in [4.78, 5) is 50.1. The molecule has 0 spiro atoms. The van der Waals surface area contributed by atoms with Crippen LogP contribution in [-0.4, -0.2) is 54.3 Å². The number of carbonyl (C=O) groups excluding carboxylic acids is 4. The largest absolute Gasteiger partial charge is 0.468 e. The molecule has 1 aromatic rings. The predicted octanol–water partition coefficient (Wildman–Crippen LogP) is 1.42. The molecule has 0 aromatic heterocycles. The van der Waals surface area contributed by atoms with E-state index in [4.69, 9.17) is 0 Å². The van der Waals surface area contributed by atoms with Crippen LogP contribution in [-0.2, 0) is 30.5 Å². The topological polar surface area (TPSA) is 105 Å². The molecule has 0 unspecified atom stereocenters. The first kappa shape index (κ1) is 23.6. The van der Waals surface area contributed by atoms with E-state index >= 15 is 0 Å². The van der Waals surface area contributed by atoms with Gasteiger partial charge in [-0.1, -0.05) is 25.0 Å². The van der Waals surface area contributed by atoms with Gasteiger partial charge in [0.05, 0.1) is 7.11 Å². The average molecular weight is 451 g/mol. The number of ether oxygens (including phenoxy) is 1. The number of carbonyl (C=O) groups is 4. The molecule has 1 aromatic carbocycles. The molecule has 0 bridgehead atoms. The van der Waals surface area contributed by atoms with Crippen LogP contribution in [0.25, 0.3) is 0 Å². The van der Waals surface area contributed by atoms with E-state index in [1.165, 1.54) is 24.1 Å². The summed E-state index contributed by atoms with van der Waals surface area (Å²) in [6.45, 7) is -0.429. The van der Waals surface area contributed by atoms with Crippen molar-refractivity contribution in [2.75, 3.05) is 13.7 Å². The Morgan fingerprint density at radius 2 is 1.97 bits per heavy atom. The Kier molecular flexibility index (Phi) is 7.76. The quantitative estimate of drug-likeness (QED) is 0.524. The fraction of sp³-hybridized carbons (Fsp3) is 0.545. The second-order valence-corrected chi connectivity index (χ2v) is 8.22. The van der Waals surface area contributed by atoms with Crippen molar-refractivity contribution in [2.45, 2.75) is 57.2 Å². The van der Waals surface area contributed by atoms with Crippen molar-refractivity contribution in [1.82, 2.24) is 15.5 Å². The predicted molar refractivity (Wildman–Crippen MR) is 109 cm³/mol. The Morgan fingerprint density at radius 1 is 1.22 bits per heavy atom. The van der Waals surface area contributed by atoms with E-state index in [9.17, 15) is 28.0 Å². The molecule has 1 heterocycles. The molecule has 1 aliphatic heterocycles. The smallest absolute Gasteiger partial charge is 0.325 e. The van der Waals surface area contributed by atoms with Gasteiger partial charge < -0.3 is 20.3 Å². The normalized spacial score (nSPS) is 18.9. The zero-order chi connectivity index (χ0) is 23.3. The van der Waals surface area contributed by atoms with Crippen molar-refractivity contribution in [3.63, 3.8) is 0 Å². The molecule has 1 saturated heterocycles. The third-order valence-corrected chi connectivity index (χ3v) is 5.80. The number of rotatable bonds is 10. The highest BCUT2D eigenvalue weighted by Crippen LogP contribution is 2.33. The van der Waals surface area contributed by atoms with Gasteiger partial charge in [0.2, 0.25) is 17.7 Å². The highest BCUT2D eigenvalue weighted by Gasteiger charge is 2.35. The van der Waals surface area contributed by atoms with Crippen LogP contribution in [0.5, 0.6) is 0 Å². The summed E-state index contributed by atoms with van der Waals surface area (Å²) in [7, 11) is 1.21. The van der Waals surface area contributed by atoms with Crippen LogP contribution in [0, 0.1) is 17.6 Å². The molecule has 2 aliphatic rings. The molecule has 1 saturated carbocycles. The fourth-order valence-electron chi connectivity index (χ4n) is 3.82. The highest BCUT2D eigenvalue weighted by atomic mass is 19.2. The monoisotopic (exact) mass is 451 g/mol. The van der Waals surface area contributed by atoms with Gasteiger partial charge >= 0.3 is 5.97 Å². The minimum atomic E-state index is -1.01. The van der Waals surface area contributed by atoms with E-state index in [1.54, 1.807) is 0 Å². The van der Waals surface area contributed by atoms with E-state index in [0.29, 0.717) is 18.8 Å². The molecule has 174 valence electrons. The van der Waals surface area contributed by atoms with Crippen molar-refractivity contribution in [2.24, 2.45) is 5.92 Å². The van der Waals surface area contributed by atoms with Gasteiger partial charge in [-0.05, 0) is 24.8 Å². The maximum Gasteiger partial charge on any atom is 0.325 e. The van der Waals surface area contributed by atoms with Crippen LogP contribution in [0.4, 0.5) is 8.78 Å². The minimum Gasteiger partial charge on any atom is -0.468 e. The fourth-order valence-corrected chi connectivity index (χ4v) is 3.82. The van der Waals surface area contributed by atoms with Gasteiger partial charge in [-0.25, -0.2) is 8.78 Å². The zero-order valence-corrected chi connectivity index (χ0v) is 17.9. The zero-order valence-electron chi connectivity index (χ0n) is 17.9. The summed E-state index contributed by atoms with van der Waals surface area (Å²) in [6, 6.07) is 2.49. The first-order chi connectivity index (χ1) is 15.3. The number of nitrogens with zero attached hydrogens (tertiary/aromatic N) is 1. The van der Waals surface area contributed by atoms with Crippen molar-refractivity contribution >= 4 is 23.7 Å². The first-order valence-electron chi connectivity index (χ1n) is 10.6. The second kappa shape index (κ2) is 10.5. The molecule has 32 heavy (non-hydrogen) atoms. The molecular weight excluding hydrogens is 424 g/mol. The van der Waals surface area contributed by atoms with Gasteiger partial charge in [-0.3, -0.25) is 19.2 Å². The molecule has 1 aliphatic carbocycles. The van der Waals surface area contributed by atoms with Crippen molar-refractivity contribution < 1.29 is 32.7 Å². The maximum atomic E-state index is 14.0. The summed E-state index contributed by atoms with van der Waals surface area (Å²) in [5.74, 6) is -3.40. The van der Waals surface area contributed by atoms with Crippen LogP contribution in [0.15, 0.2) is 18.2 Å². The Labute approximate surface area is 184 Å². The standard InChI is InChI=1S/C22H27F2N3O5/c1-32-20(30)11-25-22(31)17(9-13-5-6-13)26-18(28)10-15-7-8-19(29)27(15)12-14-3-2-4-16(23)21(14)24/h2-4,13,15,17H,5-12H2,1H3,(H,25,31)(H,26,28)/t15-,17-/m0/s1. The molecule has 3 amide bonds. The van der Waals surface area contributed by atoms with E-state index < -0.39 is 41.5 Å². The lowest BCUT2D eigenvalue weighted by molar-refractivity contribution is -0.141. The summed E-state index contributed by atoms with van der Waals surface area (Å²) in [5, 5.41) is 5.16. The van der Waals surface area contributed by atoms with Crippen LogP contribution in [0.3, 0.4) is 0 Å². The second-order valence-electron chi connectivity index (χ2n) is 8.22. The van der Waals surface area contributed by atoms with E-state index in [1.807, 2.05) is 0 Å². The van der Waals surface area contributed by atoms with Crippen LogP contribution >= 0.6 is 0 Å². The molecule has 0 radical (unpaired) electrons. The molecular formula is C22H27F2N3O5. The summed E-state index contributed by atoms with van der Waals surface area (Å²) >= 11 is 0. The first-order valence-corrected chi connectivity index (χ1v) is 10.6. The maximum absolute atomic E-state index is 14.0. The molecule has 2 N–H and O–H groups in total. The number of hydrogen-bond donors (Lipinski definition) is 2. The summed E-state index contributed by atoms with van der Waals surface area (Å²) in [6.07, 6.45) is 2.96. The van der Waals surface area contributed by atoms with E-state index in [-0.39, 0.29) is 37.4 Å². The van der Waals surface area contributed by atoms with Crippen LogP contribution < -0.4 is 10.6 Å². The Hall–Kier alpha value is -3.04. The van der Waals surface area contributed by atoms with Crippen molar-refractivity contribution in [3.8, 4) is 0 Å². The van der Waals surface area contributed by atoms with E-state index in [2.05, 4.69) is 15.4 Å². The molecule has 2 atom stereocenters. The minimum absolute atomic E-state index is 0.0412. The lowest BCUT2D eigenvalue weighted by atomic mass is 10.1. The number of nitrogens with one attached hydrogen (secondary N) is 2. The SMILES string of the molecule is COC(=O)CNC(=O)[C@H](CC1CC1)NC(=O)C[C@@H]1CCC(=O)N1Cc1cccc(F)c1F. The van der Waals surface area contributed by atoms with Gasteiger partial charge in [0, 0.05) is 31.0 Å². The third kappa shape index (κ3) is 6.24. The van der Waals surface area contributed by atoms with Gasteiger partial charge in [0.1, 0.15) is 12.6 Å². The van der Waals surface area contributed by atoms with Crippen LogP contribution in [0.1, 0.15) is 44.1 Å². The highest BCUT2D eigenvalue weighted by molar-refractivity contribution is 5.90. The van der Waals surface area contributed by atoms with Gasteiger partial charge in [-0.15, -0.1) is 0 Å². The van der Waals surface area contributed by atoms with Gasteiger partial charge in [0.25, 0.3) is 0 Å². The lowest BCUT2D eigenvalue weighted by Crippen LogP contribution is -2.49. The van der Waals surface area contributed by atoms with Crippen molar-refractivity contribution in [1.29, 1.82) is 0 Å². The molecule has 2 fully saturated rings. The number of halogens is 2. The summed E-state index contributed by atoms with van der Waals surface area (Å²) < 4.78 is 32.1. The third-order valence-electron chi connectivity index (χ3n) is 5.80. The molecule has 10 heteroatoms. The van der Waals surface area contributed by atoms with E-state index in [0.717, 1.165) is 18.9 Å². The van der Waals surface area contributed by atoms with Crippen LogP contribution in [0.2, 0.25) is 0 Å². The number of methoxy groups -OCH3 is 1. The number of likely N-dealkylation sites (tertiary alicyclic amines) is 1. The molecule has 8 nitrogen and oxygen atoms in total. The average Bonchev–Trinajstić information content (AvgIpc) is 3.53. The number of esters is 1. The Morgan fingerprint density at radius 3 is 2.66 bits per heavy atom. The summed E-state index contributed by atoms with van der Waals surface area (Å²) in [5.41, 5.74) is 0.0412. The number of amides is 3. The van der Waals surface area contributed by atoms with Gasteiger partial charge in [-0.2, -0.15) is 0 Å². The lowest BCUT2D eigenvalue weighted by Gasteiger charge is -2.26. The number of benzene rings is 1. The number of hydrogen-bond acceptors (Lipinski definition) is 5. The molecule has 3 rings (SSSR count). The Bertz CT molecular complexity index is 890.